The lowest BCUT2D eigenvalue weighted by Gasteiger charge is -2.04. The number of benzene rings is 2. The molecule has 0 aliphatic heterocycles. The molecule has 1 unspecified atom stereocenters. The quantitative estimate of drug-likeness (QED) is 0.554. The summed E-state index contributed by atoms with van der Waals surface area (Å²) in [6.45, 7) is 2.19. The van der Waals surface area contributed by atoms with Crippen LogP contribution in [0.5, 0.6) is 0 Å². The van der Waals surface area contributed by atoms with Gasteiger partial charge in [-0.15, -0.1) is 8.19 Å². The third-order valence-corrected chi connectivity index (χ3v) is 4.30. The lowest BCUT2D eigenvalue weighted by atomic mass is 10.0. The molecule has 1 atom stereocenters. The maximum Gasteiger partial charge on any atom is 0.00629 e. The fraction of sp³-hybridized carbons (Fsp3) is 0.0667. The lowest BCUT2D eigenvalue weighted by Crippen LogP contribution is -1.78. The highest BCUT2D eigenvalue weighted by atomic mass is 31.0. The van der Waals surface area contributed by atoms with Gasteiger partial charge in [-0.05, 0) is 34.6 Å². The number of aryl methyl sites for hydroxylation is 1. The average molecular weight is 224 g/mol. The summed E-state index contributed by atoms with van der Waals surface area (Å²) in [5.74, 6) is 2.34. The second kappa shape index (κ2) is 3.81. The predicted octanol–water partition coefficient (Wildman–Crippen LogP) is 4.85. The first-order valence-electron chi connectivity index (χ1n) is 5.48. The highest BCUT2D eigenvalue weighted by Gasteiger charge is 2.06. The van der Waals surface area contributed by atoms with Gasteiger partial charge in [0.15, 0.2) is 0 Å². The third-order valence-electron chi connectivity index (χ3n) is 3.02. The van der Waals surface area contributed by atoms with Crippen molar-refractivity contribution < 1.29 is 0 Å². The van der Waals surface area contributed by atoms with E-state index in [4.69, 9.17) is 0 Å². The molecule has 0 spiro atoms. The molecule has 1 aromatic heterocycles. The van der Waals surface area contributed by atoms with E-state index in [9.17, 15) is 0 Å². The van der Waals surface area contributed by atoms with Crippen LogP contribution >= 0.6 is 8.19 Å². The molecule has 0 fully saturated rings. The highest BCUT2D eigenvalue weighted by molar-refractivity contribution is 7.34. The minimum atomic E-state index is 0.803. The van der Waals surface area contributed by atoms with Gasteiger partial charge in [-0.25, -0.2) is 0 Å². The van der Waals surface area contributed by atoms with Gasteiger partial charge in [-0.1, -0.05) is 48.5 Å². The average Bonchev–Trinajstić information content (AvgIpc) is 2.74. The number of fused-ring (bicyclic) bond motifs is 1. The summed E-state index contributed by atoms with van der Waals surface area (Å²) in [6, 6.07) is 17.3. The molecular weight excluding hydrogens is 211 g/mol. The summed E-state index contributed by atoms with van der Waals surface area (Å²) < 4.78 is 0. The van der Waals surface area contributed by atoms with Crippen LogP contribution in [0.3, 0.4) is 0 Å². The van der Waals surface area contributed by atoms with Gasteiger partial charge in [-0.3, -0.25) is 0 Å². The SMILES string of the molecule is Cc1ccccc1-c1[pH]cc2ccccc12. The highest BCUT2D eigenvalue weighted by Crippen LogP contribution is 2.39. The van der Waals surface area contributed by atoms with Crippen molar-refractivity contribution in [2.45, 2.75) is 6.92 Å². The minimum Gasteiger partial charge on any atom is -0.130 e. The molecule has 0 aliphatic rings. The molecule has 3 aromatic rings. The normalized spacial score (nSPS) is 11.3. The van der Waals surface area contributed by atoms with Crippen molar-refractivity contribution in [3.8, 4) is 10.9 Å². The number of hydrogen-bond donors (Lipinski definition) is 0. The summed E-state index contributed by atoms with van der Waals surface area (Å²) in [7, 11) is 0.803. The predicted molar refractivity (Wildman–Crippen MR) is 73.6 cm³/mol. The molecule has 1 heteroatoms. The molecule has 0 nitrogen and oxygen atoms in total. The first-order valence-corrected chi connectivity index (χ1v) is 6.56. The minimum absolute atomic E-state index is 0.803. The fourth-order valence-corrected chi connectivity index (χ4v) is 3.53. The largest absolute Gasteiger partial charge is 0.130 e. The third kappa shape index (κ3) is 1.47. The molecule has 0 amide bonds. The molecule has 0 saturated carbocycles. The van der Waals surface area contributed by atoms with Crippen LogP contribution in [0.15, 0.2) is 54.3 Å². The van der Waals surface area contributed by atoms with Crippen LogP contribution in [-0.4, -0.2) is 0 Å². The topological polar surface area (TPSA) is 0 Å². The Kier molecular flexibility index (Phi) is 2.31. The molecule has 0 aliphatic carbocycles. The standard InChI is InChI=1S/C15H13P/c1-11-6-2-4-8-13(11)15-14-9-5-3-7-12(14)10-16-15/h2-10,16H,1H3. The molecule has 16 heavy (non-hydrogen) atoms. The van der Waals surface area contributed by atoms with Crippen molar-refractivity contribution in [1.29, 1.82) is 0 Å². The van der Waals surface area contributed by atoms with E-state index < -0.39 is 0 Å². The monoisotopic (exact) mass is 224 g/mol. The van der Waals surface area contributed by atoms with Crippen molar-refractivity contribution in [2.75, 3.05) is 0 Å². The van der Waals surface area contributed by atoms with E-state index in [1.165, 1.54) is 27.2 Å². The first kappa shape index (κ1) is 9.69. The van der Waals surface area contributed by atoms with E-state index in [1.54, 1.807) is 0 Å². The van der Waals surface area contributed by atoms with Crippen molar-refractivity contribution in [3.05, 3.63) is 59.9 Å². The van der Waals surface area contributed by atoms with E-state index in [2.05, 4.69) is 61.3 Å². The molecule has 0 N–H and O–H groups in total. The summed E-state index contributed by atoms with van der Waals surface area (Å²) in [4.78, 5) is 0. The smallest absolute Gasteiger partial charge is 0.00629 e. The Morgan fingerprint density at radius 3 is 2.50 bits per heavy atom. The molecular formula is C15H13P. The number of hydrogen-bond acceptors (Lipinski definition) is 0. The van der Waals surface area contributed by atoms with E-state index in [1.807, 2.05) is 0 Å². The molecule has 1 heterocycles. The van der Waals surface area contributed by atoms with Crippen molar-refractivity contribution in [1.82, 2.24) is 0 Å². The zero-order valence-electron chi connectivity index (χ0n) is 9.20. The van der Waals surface area contributed by atoms with Crippen LogP contribution in [-0.2, 0) is 0 Å². The van der Waals surface area contributed by atoms with Crippen molar-refractivity contribution in [2.24, 2.45) is 0 Å². The maximum absolute atomic E-state index is 2.34. The zero-order valence-corrected chi connectivity index (χ0v) is 10.2. The van der Waals surface area contributed by atoms with Gasteiger partial charge in [-0.2, -0.15) is 0 Å². The van der Waals surface area contributed by atoms with Crippen LogP contribution in [0.4, 0.5) is 0 Å². The fourth-order valence-electron chi connectivity index (χ4n) is 2.15. The van der Waals surface area contributed by atoms with Crippen LogP contribution in [0.1, 0.15) is 5.56 Å². The van der Waals surface area contributed by atoms with Gasteiger partial charge in [0.25, 0.3) is 0 Å². The van der Waals surface area contributed by atoms with Gasteiger partial charge in [0.05, 0.1) is 0 Å². The van der Waals surface area contributed by atoms with Gasteiger partial charge < -0.3 is 0 Å². The van der Waals surface area contributed by atoms with E-state index in [0.29, 0.717) is 0 Å². The second-order valence-corrected chi connectivity index (χ2v) is 5.14. The summed E-state index contributed by atoms with van der Waals surface area (Å²) in [5.41, 5.74) is 2.78. The van der Waals surface area contributed by atoms with Gasteiger partial charge in [0, 0.05) is 5.30 Å². The van der Waals surface area contributed by atoms with E-state index >= 15 is 0 Å². The molecule has 2 aromatic carbocycles. The summed E-state index contributed by atoms with van der Waals surface area (Å²) in [6.07, 6.45) is 0. The Hall–Kier alpha value is -1.52. The lowest BCUT2D eigenvalue weighted by molar-refractivity contribution is 1.48. The Labute approximate surface area is 97.0 Å². The Morgan fingerprint density at radius 2 is 1.62 bits per heavy atom. The van der Waals surface area contributed by atoms with E-state index in [-0.39, 0.29) is 0 Å². The van der Waals surface area contributed by atoms with Crippen molar-refractivity contribution in [3.63, 3.8) is 0 Å². The number of rotatable bonds is 1. The second-order valence-electron chi connectivity index (χ2n) is 4.07. The first-order chi connectivity index (χ1) is 7.86. The maximum atomic E-state index is 2.34. The Morgan fingerprint density at radius 1 is 0.875 bits per heavy atom. The van der Waals surface area contributed by atoms with Crippen LogP contribution in [0, 0.1) is 6.92 Å². The van der Waals surface area contributed by atoms with Gasteiger partial charge >= 0.3 is 0 Å². The van der Waals surface area contributed by atoms with Gasteiger partial charge in [0.1, 0.15) is 0 Å². The Balaban J connectivity index is 2.31. The van der Waals surface area contributed by atoms with Crippen LogP contribution < -0.4 is 0 Å². The van der Waals surface area contributed by atoms with Gasteiger partial charge in [0.2, 0.25) is 0 Å². The molecule has 3 rings (SSSR count). The van der Waals surface area contributed by atoms with Crippen molar-refractivity contribution >= 4 is 19.0 Å². The summed E-state index contributed by atoms with van der Waals surface area (Å²) in [5, 5.41) is 4.29. The van der Waals surface area contributed by atoms with Crippen LogP contribution in [0.2, 0.25) is 0 Å². The zero-order chi connectivity index (χ0) is 11.0. The summed E-state index contributed by atoms with van der Waals surface area (Å²) >= 11 is 0. The van der Waals surface area contributed by atoms with Crippen LogP contribution in [0.25, 0.3) is 21.6 Å². The Bertz CT molecular complexity index is 634. The molecule has 0 bridgehead atoms. The molecule has 0 radical (unpaired) electrons. The van der Waals surface area contributed by atoms with E-state index in [0.717, 1.165) is 8.19 Å². The molecule has 78 valence electrons. The molecule has 0 saturated heterocycles.